The first-order valence-corrected chi connectivity index (χ1v) is 3.20. The molecule has 0 radical (unpaired) electrons. The second-order valence-corrected chi connectivity index (χ2v) is 2.15. The fourth-order valence-corrected chi connectivity index (χ4v) is 0.724. The Bertz CT molecular complexity index is 252. The van der Waals surface area contributed by atoms with E-state index in [9.17, 15) is 17.6 Å². The van der Waals surface area contributed by atoms with Crippen molar-refractivity contribution in [1.82, 2.24) is 9.78 Å². The zero-order valence-corrected chi connectivity index (χ0v) is 5.98. The number of aromatic nitrogens is 2. The van der Waals surface area contributed by atoms with Gasteiger partial charge in [0.25, 0.3) is 0 Å². The highest BCUT2D eigenvalue weighted by molar-refractivity contribution is 5.02. The predicted octanol–water partition coefficient (Wildman–Crippen LogP) is 1.87. The highest BCUT2D eigenvalue weighted by Crippen LogP contribution is 2.27. The smallest absolute Gasteiger partial charge is 0.270 e. The van der Waals surface area contributed by atoms with Crippen LogP contribution in [0.2, 0.25) is 0 Å². The van der Waals surface area contributed by atoms with Crippen LogP contribution in [0.4, 0.5) is 17.6 Å². The maximum atomic E-state index is 11.9. The van der Waals surface area contributed by atoms with Crippen LogP contribution < -0.4 is 0 Å². The van der Waals surface area contributed by atoms with E-state index in [2.05, 4.69) is 5.10 Å². The summed E-state index contributed by atoms with van der Waals surface area (Å²) < 4.78 is 48.2. The van der Waals surface area contributed by atoms with Crippen LogP contribution in [0.5, 0.6) is 0 Å². The van der Waals surface area contributed by atoms with Crippen LogP contribution in [0.25, 0.3) is 0 Å². The van der Waals surface area contributed by atoms with Gasteiger partial charge in [0.15, 0.2) is 5.69 Å². The van der Waals surface area contributed by atoms with Gasteiger partial charge >= 0.3 is 6.18 Å². The molecule has 1 heterocycles. The van der Waals surface area contributed by atoms with Gasteiger partial charge in [-0.15, -0.1) is 0 Å². The molecule has 2 nitrogen and oxygen atoms in total. The summed E-state index contributed by atoms with van der Waals surface area (Å²) in [6, 6.07) is 0.815. The first-order valence-electron chi connectivity index (χ1n) is 3.20. The molecule has 1 aromatic heterocycles. The molecule has 12 heavy (non-hydrogen) atoms. The summed E-state index contributed by atoms with van der Waals surface area (Å²) in [7, 11) is 0. The predicted molar refractivity (Wildman–Crippen MR) is 33.2 cm³/mol. The summed E-state index contributed by atoms with van der Waals surface area (Å²) in [6.45, 7) is -0.866. The van der Waals surface area contributed by atoms with Gasteiger partial charge in [-0.05, 0) is 6.07 Å². The Morgan fingerprint density at radius 2 is 2.08 bits per heavy atom. The molecule has 0 aliphatic carbocycles. The minimum atomic E-state index is -4.44. The molecule has 0 atom stereocenters. The van der Waals surface area contributed by atoms with E-state index in [1.165, 1.54) is 0 Å². The van der Waals surface area contributed by atoms with Crippen molar-refractivity contribution < 1.29 is 17.6 Å². The minimum absolute atomic E-state index is 0.143. The number of hydrogen-bond donors (Lipinski definition) is 0. The summed E-state index contributed by atoms with van der Waals surface area (Å²) >= 11 is 0. The average Bonchev–Trinajstić information content (AvgIpc) is 2.35. The van der Waals surface area contributed by atoms with Gasteiger partial charge in [0.2, 0.25) is 0 Å². The molecule has 0 aliphatic heterocycles. The van der Waals surface area contributed by atoms with Gasteiger partial charge in [0, 0.05) is 6.20 Å². The molecule has 0 aromatic carbocycles. The van der Waals surface area contributed by atoms with Crippen LogP contribution in [0.3, 0.4) is 0 Å². The molecule has 0 fully saturated rings. The van der Waals surface area contributed by atoms with Crippen molar-refractivity contribution in [2.24, 2.45) is 0 Å². The fourth-order valence-electron chi connectivity index (χ4n) is 0.724. The quantitative estimate of drug-likeness (QED) is 0.638. The number of aryl methyl sites for hydroxylation is 1. The lowest BCUT2D eigenvalue weighted by Gasteiger charge is -2.00. The van der Waals surface area contributed by atoms with Crippen LogP contribution >= 0.6 is 0 Å². The SMILES string of the molecule is FCCn1ccc(C(F)(F)F)n1. The Morgan fingerprint density at radius 1 is 1.42 bits per heavy atom. The molecule has 6 heteroatoms. The molecule has 0 N–H and O–H groups in total. The molecule has 68 valence electrons. The van der Waals surface area contributed by atoms with Crippen molar-refractivity contribution in [3.8, 4) is 0 Å². The first kappa shape index (κ1) is 9.02. The second kappa shape index (κ2) is 3.12. The van der Waals surface area contributed by atoms with Gasteiger partial charge < -0.3 is 0 Å². The number of rotatable bonds is 2. The summed E-state index contributed by atoms with van der Waals surface area (Å²) in [5.74, 6) is 0. The molecule has 0 amide bonds. The monoisotopic (exact) mass is 182 g/mol. The van der Waals surface area contributed by atoms with Gasteiger partial charge in [0.05, 0.1) is 6.54 Å². The van der Waals surface area contributed by atoms with Crippen LogP contribution in [0.15, 0.2) is 12.3 Å². The average molecular weight is 182 g/mol. The Labute approximate surface area is 65.8 Å². The molecular formula is C6H6F4N2. The summed E-state index contributed by atoms with van der Waals surface area (Å²) in [5, 5.41) is 3.12. The third-order valence-electron chi connectivity index (χ3n) is 1.24. The summed E-state index contributed by atoms with van der Waals surface area (Å²) in [6.07, 6.45) is -3.34. The van der Waals surface area contributed by atoms with Crippen LogP contribution in [-0.2, 0) is 12.7 Å². The lowest BCUT2D eigenvalue weighted by molar-refractivity contribution is -0.141. The Balaban J connectivity index is 2.77. The van der Waals surface area contributed by atoms with E-state index in [-0.39, 0.29) is 6.54 Å². The van der Waals surface area contributed by atoms with E-state index < -0.39 is 18.5 Å². The van der Waals surface area contributed by atoms with Crippen molar-refractivity contribution in [1.29, 1.82) is 0 Å². The topological polar surface area (TPSA) is 17.8 Å². The summed E-state index contributed by atoms with van der Waals surface area (Å²) in [4.78, 5) is 0. The van der Waals surface area contributed by atoms with Crippen LogP contribution in [0, 0.1) is 0 Å². The van der Waals surface area contributed by atoms with Gasteiger partial charge in [-0.3, -0.25) is 4.68 Å². The highest BCUT2D eigenvalue weighted by Gasteiger charge is 2.33. The van der Waals surface area contributed by atoms with Gasteiger partial charge in [-0.1, -0.05) is 0 Å². The van der Waals surface area contributed by atoms with Crippen LogP contribution in [0.1, 0.15) is 5.69 Å². The number of nitrogens with zero attached hydrogens (tertiary/aromatic N) is 2. The molecule has 0 spiro atoms. The van der Waals surface area contributed by atoms with E-state index in [0.717, 1.165) is 16.9 Å². The van der Waals surface area contributed by atoms with Crippen LogP contribution in [-0.4, -0.2) is 16.5 Å². The molecule has 0 saturated carbocycles. The third kappa shape index (κ3) is 1.96. The zero-order valence-electron chi connectivity index (χ0n) is 5.98. The molecule has 0 bridgehead atoms. The Hall–Kier alpha value is -1.07. The van der Waals surface area contributed by atoms with Crippen molar-refractivity contribution >= 4 is 0 Å². The molecule has 1 aromatic rings. The zero-order chi connectivity index (χ0) is 9.19. The first-order chi connectivity index (χ1) is 5.54. The molecule has 0 aliphatic rings. The van der Waals surface area contributed by atoms with E-state index >= 15 is 0 Å². The summed E-state index contributed by atoms with van der Waals surface area (Å²) in [5.41, 5.74) is -0.990. The van der Waals surface area contributed by atoms with E-state index in [4.69, 9.17) is 0 Å². The fraction of sp³-hybridized carbons (Fsp3) is 0.500. The van der Waals surface area contributed by atoms with E-state index in [1.807, 2.05) is 0 Å². The molecule has 0 saturated heterocycles. The number of alkyl halides is 4. The maximum Gasteiger partial charge on any atom is 0.435 e. The van der Waals surface area contributed by atoms with Crippen molar-refractivity contribution in [2.45, 2.75) is 12.7 Å². The Kier molecular flexibility index (Phi) is 2.35. The van der Waals surface area contributed by atoms with Crippen molar-refractivity contribution in [2.75, 3.05) is 6.67 Å². The maximum absolute atomic E-state index is 11.9. The van der Waals surface area contributed by atoms with Crippen molar-refractivity contribution in [3.05, 3.63) is 18.0 Å². The molecular weight excluding hydrogens is 176 g/mol. The third-order valence-corrected chi connectivity index (χ3v) is 1.24. The molecule has 0 unspecified atom stereocenters. The normalized spacial score (nSPS) is 12.0. The lowest BCUT2D eigenvalue weighted by atomic mass is 10.4. The van der Waals surface area contributed by atoms with Crippen molar-refractivity contribution in [3.63, 3.8) is 0 Å². The van der Waals surface area contributed by atoms with Gasteiger partial charge in [0.1, 0.15) is 6.67 Å². The van der Waals surface area contributed by atoms with E-state index in [1.54, 1.807) is 0 Å². The largest absolute Gasteiger partial charge is 0.435 e. The van der Waals surface area contributed by atoms with Gasteiger partial charge in [-0.25, -0.2) is 4.39 Å². The van der Waals surface area contributed by atoms with Gasteiger partial charge in [-0.2, -0.15) is 18.3 Å². The standard InChI is InChI=1S/C6H6F4N2/c7-2-4-12-3-1-5(11-12)6(8,9)10/h1,3H,2,4H2. The molecule has 1 rings (SSSR count). The lowest BCUT2D eigenvalue weighted by Crippen LogP contribution is -2.08. The number of halogens is 4. The number of hydrogen-bond acceptors (Lipinski definition) is 1. The van der Waals surface area contributed by atoms with E-state index in [0.29, 0.717) is 0 Å². The second-order valence-electron chi connectivity index (χ2n) is 2.15. The minimum Gasteiger partial charge on any atom is -0.270 e. The highest BCUT2D eigenvalue weighted by atomic mass is 19.4. The Morgan fingerprint density at radius 3 is 2.50 bits per heavy atom.